The van der Waals surface area contributed by atoms with Crippen molar-refractivity contribution in [3.05, 3.63) is 62.6 Å². The van der Waals surface area contributed by atoms with Crippen molar-refractivity contribution in [2.45, 2.75) is 24.3 Å². The van der Waals surface area contributed by atoms with Crippen LogP contribution in [-0.4, -0.2) is 20.5 Å². The molecule has 7 nitrogen and oxygen atoms in total. The molecule has 0 aliphatic heterocycles. The van der Waals surface area contributed by atoms with Crippen LogP contribution in [0.2, 0.25) is 0 Å². The zero-order valence-corrected chi connectivity index (χ0v) is 16.2. The highest BCUT2D eigenvalue weighted by Crippen LogP contribution is 2.31. The van der Waals surface area contributed by atoms with Crippen molar-refractivity contribution < 1.29 is 18.1 Å². The summed E-state index contributed by atoms with van der Waals surface area (Å²) < 4.78 is 33.8. The topological polar surface area (TPSA) is 98.5 Å². The second-order valence-corrected chi connectivity index (χ2v) is 8.39. The van der Waals surface area contributed by atoms with Gasteiger partial charge < -0.3 is 4.74 Å². The first-order valence-corrected chi connectivity index (χ1v) is 9.47. The van der Waals surface area contributed by atoms with Gasteiger partial charge in [0, 0.05) is 4.47 Å². The molecule has 0 aliphatic carbocycles. The third-order valence-electron chi connectivity index (χ3n) is 3.61. The van der Waals surface area contributed by atoms with Crippen molar-refractivity contribution >= 4 is 31.6 Å². The van der Waals surface area contributed by atoms with Crippen LogP contribution in [0.15, 0.2) is 51.8 Å². The van der Waals surface area contributed by atoms with Crippen LogP contribution in [-0.2, 0) is 15.6 Å². The third kappa shape index (κ3) is 4.36. The van der Waals surface area contributed by atoms with E-state index in [0.29, 0.717) is 0 Å². The van der Waals surface area contributed by atoms with Crippen molar-refractivity contribution in [2.24, 2.45) is 0 Å². The Kier molecular flexibility index (Phi) is 5.50. The first-order chi connectivity index (χ1) is 11.6. The maximum atomic E-state index is 12.7. The Morgan fingerprint density at radius 3 is 2.28 bits per heavy atom. The third-order valence-corrected chi connectivity index (χ3v) is 5.84. The van der Waals surface area contributed by atoms with Gasteiger partial charge in [-0.1, -0.05) is 28.1 Å². The maximum absolute atomic E-state index is 12.7. The summed E-state index contributed by atoms with van der Waals surface area (Å²) in [6.07, 6.45) is 0. The molecule has 0 spiro atoms. The molecule has 0 heterocycles. The molecule has 0 unspecified atom stereocenters. The molecule has 2 aromatic rings. The standard InChI is InChI=1S/C16H17BrN2O5S/c1-16(2,11-4-6-12(17)7-5-11)18-25(22,23)15-9-8-13(24-3)10-14(15)19(20)21/h4-10,18H,1-3H3. The second kappa shape index (κ2) is 7.11. The number of nitrogens with one attached hydrogen (secondary N) is 1. The molecule has 0 aliphatic rings. The lowest BCUT2D eigenvalue weighted by Crippen LogP contribution is -2.41. The van der Waals surface area contributed by atoms with Gasteiger partial charge in [-0.25, -0.2) is 13.1 Å². The van der Waals surface area contributed by atoms with E-state index in [0.717, 1.165) is 22.2 Å². The summed E-state index contributed by atoms with van der Waals surface area (Å²) in [6.45, 7) is 3.37. The van der Waals surface area contributed by atoms with E-state index in [1.54, 1.807) is 38.1 Å². The number of benzene rings is 2. The number of hydrogen-bond acceptors (Lipinski definition) is 5. The van der Waals surface area contributed by atoms with Crippen molar-refractivity contribution in [3.8, 4) is 5.75 Å². The zero-order chi connectivity index (χ0) is 18.8. The summed E-state index contributed by atoms with van der Waals surface area (Å²) in [6, 6.07) is 10.7. The second-order valence-electron chi connectivity index (χ2n) is 5.83. The molecule has 9 heteroatoms. The number of halogens is 1. The molecule has 2 aromatic carbocycles. The van der Waals surface area contributed by atoms with Gasteiger partial charge in [0.1, 0.15) is 5.75 Å². The van der Waals surface area contributed by atoms with Crippen LogP contribution in [0.5, 0.6) is 5.75 Å². The summed E-state index contributed by atoms with van der Waals surface area (Å²) in [4.78, 5) is 10.1. The molecule has 25 heavy (non-hydrogen) atoms. The van der Waals surface area contributed by atoms with E-state index >= 15 is 0 Å². The normalized spacial score (nSPS) is 12.0. The number of rotatable bonds is 6. The first kappa shape index (κ1) is 19.4. The Hall–Kier alpha value is -1.97. The Morgan fingerprint density at radius 2 is 1.76 bits per heavy atom. The van der Waals surface area contributed by atoms with Gasteiger partial charge in [0.25, 0.3) is 5.69 Å². The predicted molar refractivity (Wildman–Crippen MR) is 97.1 cm³/mol. The molecule has 0 radical (unpaired) electrons. The van der Waals surface area contributed by atoms with Crippen molar-refractivity contribution in [1.29, 1.82) is 0 Å². The quantitative estimate of drug-likeness (QED) is 0.559. The van der Waals surface area contributed by atoms with E-state index in [2.05, 4.69) is 20.7 Å². The first-order valence-electron chi connectivity index (χ1n) is 7.19. The molecule has 1 N–H and O–H groups in total. The van der Waals surface area contributed by atoms with E-state index in [1.807, 2.05) is 0 Å². The van der Waals surface area contributed by atoms with Crippen molar-refractivity contribution in [3.63, 3.8) is 0 Å². The van der Waals surface area contributed by atoms with E-state index in [-0.39, 0.29) is 5.75 Å². The van der Waals surface area contributed by atoms with Gasteiger partial charge in [-0.15, -0.1) is 0 Å². The summed E-state index contributed by atoms with van der Waals surface area (Å²) >= 11 is 3.32. The van der Waals surface area contributed by atoms with Gasteiger partial charge >= 0.3 is 0 Å². The van der Waals surface area contributed by atoms with Crippen LogP contribution >= 0.6 is 15.9 Å². The number of nitro groups is 1. The van der Waals surface area contributed by atoms with Gasteiger partial charge in [0.05, 0.1) is 23.6 Å². The van der Waals surface area contributed by atoms with Crippen LogP contribution in [0.4, 0.5) is 5.69 Å². The van der Waals surface area contributed by atoms with Crippen LogP contribution in [0.1, 0.15) is 19.4 Å². The number of hydrogen-bond donors (Lipinski definition) is 1. The number of nitrogens with zero attached hydrogens (tertiary/aromatic N) is 1. The van der Waals surface area contributed by atoms with Gasteiger partial charge in [-0.2, -0.15) is 0 Å². The molecular weight excluding hydrogens is 412 g/mol. The SMILES string of the molecule is COc1ccc(S(=O)(=O)NC(C)(C)c2ccc(Br)cc2)c([N+](=O)[O-])c1. The molecule has 0 bridgehead atoms. The minimum atomic E-state index is -4.14. The van der Waals surface area contributed by atoms with E-state index in [4.69, 9.17) is 4.74 Å². The molecule has 0 fully saturated rings. The highest BCUT2D eigenvalue weighted by Gasteiger charge is 2.32. The highest BCUT2D eigenvalue weighted by atomic mass is 79.9. The minimum absolute atomic E-state index is 0.206. The summed E-state index contributed by atoms with van der Waals surface area (Å²) in [5, 5.41) is 11.3. The van der Waals surface area contributed by atoms with Crippen LogP contribution < -0.4 is 9.46 Å². The lowest BCUT2D eigenvalue weighted by molar-refractivity contribution is -0.387. The molecular formula is C16H17BrN2O5S. The number of sulfonamides is 1. The average Bonchev–Trinajstić information content (AvgIpc) is 2.53. The zero-order valence-electron chi connectivity index (χ0n) is 13.8. The lowest BCUT2D eigenvalue weighted by atomic mass is 9.96. The fourth-order valence-corrected chi connectivity index (χ4v) is 4.13. The highest BCUT2D eigenvalue weighted by molar-refractivity contribution is 9.10. The maximum Gasteiger partial charge on any atom is 0.293 e. The molecule has 0 atom stereocenters. The number of methoxy groups -OCH3 is 1. The Bertz CT molecular complexity index is 895. The molecule has 0 aromatic heterocycles. The number of ether oxygens (including phenoxy) is 1. The molecule has 0 amide bonds. The van der Waals surface area contributed by atoms with Gasteiger partial charge in [0.15, 0.2) is 4.90 Å². The fourth-order valence-electron chi connectivity index (χ4n) is 2.31. The fraction of sp³-hybridized carbons (Fsp3) is 0.250. The molecule has 134 valence electrons. The van der Waals surface area contributed by atoms with Gasteiger partial charge in [-0.3, -0.25) is 10.1 Å². The van der Waals surface area contributed by atoms with Crippen molar-refractivity contribution in [2.75, 3.05) is 7.11 Å². The average molecular weight is 429 g/mol. The molecule has 2 rings (SSSR count). The summed E-state index contributed by atoms with van der Waals surface area (Å²) in [5.41, 5.74) is -0.790. The Balaban J connectivity index is 2.45. The van der Waals surface area contributed by atoms with E-state index in [1.165, 1.54) is 13.2 Å². The summed E-state index contributed by atoms with van der Waals surface area (Å²) in [5.74, 6) is 0.206. The Morgan fingerprint density at radius 1 is 1.16 bits per heavy atom. The lowest BCUT2D eigenvalue weighted by Gasteiger charge is -2.26. The smallest absolute Gasteiger partial charge is 0.293 e. The van der Waals surface area contributed by atoms with E-state index in [9.17, 15) is 18.5 Å². The van der Waals surface area contributed by atoms with Gasteiger partial charge in [-0.05, 0) is 43.7 Å². The van der Waals surface area contributed by atoms with Crippen molar-refractivity contribution in [1.82, 2.24) is 4.72 Å². The number of nitro benzene ring substituents is 1. The molecule has 0 saturated heterocycles. The van der Waals surface area contributed by atoms with Crippen LogP contribution in [0.3, 0.4) is 0 Å². The minimum Gasteiger partial charge on any atom is -0.497 e. The monoisotopic (exact) mass is 428 g/mol. The molecule has 0 saturated carbocycles. The summed E-state index contributed by atoms with van der Waals surface area (Å²) in [7, 11) is -2.79. The Labute approximate surface area is 154 Å². The van der Waals surface area contributed by atoms with Crippen LogP contribution in [0, 0.1) is 10.1 Å². The van der Waals surface area contributed by atoms with Crippen LogP contribution in [0.25, 0.3) is 0 Å². The van der Waals surface area contributed by atoms with Gasteiger partial charge in [0.2, 0.25) is 10.0 Å². The predicted octanol–water partition coefficient (Wildman–Crippen LogP) is 3.58. The largest absolute Gasteiger partial charge is 0.497 e. The van der Waals surface area contributed by atoms with E-state index < -0.39 is 31.1 Å².